The van der Waals surface area contributed by atoms with Gasteiger partial charge in [-0.25, -0.2) is 0 Å². The van der Waals surface area contributed by atoms with Crippen molar-refractivity contribution in [3.05, 3.63) is 28.8 Å². The molecule has 0 radical (unpaired) electrons. The zero-order chi connectivity index (χ0) is 15.4. The van der Waals surface area contributed by atoms with Crippen LogP contribution in [0.1, 0.15) is 48.9 Å². The summed E-state index contributed by atoms with van der Waals surface area (Å²) < 4.78 is 17.3. The van der Waals surface area contributed by atoms with Gasteiger partial charge in [0.15, 0.2) is 0 Å². The zero-order valence-corrected chi connectivity index (χ0v) is 14.4. The first-order chi connectivity index (χ1) is 9.99. The number of rotatable bonds is 5. The van der Waals surface area contributed by atoms with Crippen LogP contribution in [0.15, 0.2) is 12.1 Å². The minimum atomic E-state index is -0.737. The van der Waals surface area contributed by atoms with Crippen LogP contribution < -0.4 is 10.1 Å². The molecule has 0 aliphatic carbocycles. The van der Waals surface area contributed by atoms with Gasteiger partial charge in [0.2, 0.25) is 0 Å². The molecule has 21 heavy (non-hydrogen) atoms. The lowest BCUT2D eigenvalue weighted by Crippen LogP contribution is -2.25. The predicted molar refractivity (Wildman–Crippen MR) is 89.5 cm³/mol. The zero-order valence-electron chi connectivity index (χ0n) is 13.6. The van der Waals surface area contributed by atoms with E-state index in [0.717, 1.165) is 38.2 Å². The van der Waals surface area contributed by atoms with Crippen molar-refractivity contribution in [1.29, 1.82) is 0 Å². The van der Waals surface area contributed by atoms with E-state index in [9.17, 15) is 4.21 Å². The second-order valence-electron chi connectivity index (χ2n) is 6.07. The minimum absolute atomic E-state index is 0.249. The quantitative estimate of drug-likeness (QED) is 0.907. The van der Waals surface area contributed by atoms with E-state index < -0.39 is 10.8 Å². The van der Waals surface area contributed by atoms with Gasteiger partial charge in [-0.05, 0) is 56.8 Å². The number of benzene rings is 1. The lowest BCUT2D eigenvalue weighted by molar-refractivity contribution is 0.315. The maximum atomic E-state index is 11.4. The molecule has 0 unspecified atom stereocenters. The molecule has 0 bridgehead atoms. The van der Waals surface area contributed by atoms with Crippen LogP contribution in [0.5, 0.6) is 5.75 Å². The highest BCUT2D eigenvalue weighted by Crippen LogP contribution is 2.33. The Balaban J connectivity index is 2.07. The van der Waals surface area contributed by atoms with Crippen LogP contribution in [0.25, 0.3) is 0 Å². The van der Waals surface area contributed by atoms with Crippen molar-refractivity contribution in [2.45, 2.75) is 51.3 Å². The van der Waals surface area contributed by atoms with Crippen molar-refractivity contribution in [2.75, 3.05) is 19.4 Å². The summed E-state index contributed by atoms with van der Waals surface area (Å²) in [5.74, 6) is 1.03. The van der Waals surface area contributed by atoms with E-state index in [-0.39, 0.29) is 5.25 Å². The second kappa shape index (κ2) is 7.41. The lowest BCUT2D eigenvalue weighted by Gasteiger charge is -2.20. The number of ether oxygens (including phenoxy) is 1. The lowest BCUT2D eigenvalue weighted by atomic mass is 9.97. The normalized spacial score (nSPS) is 21.0. The van der Waals surface area contributed by atoms with Crippen molar-refractivity contribution in [3.8, 4) is 5.75 Å². The fourth-order valence-electron chi connectivity index (χ4n) is 2.67. The van der Waals surface area contributed by atoms with Crippen LogP contribution in [0.4, 0.5) is 0 Å². The van der Waals surface area contributed by atoms with Crippen molar-refractivity contribution < 1.29 is 8.95 Å². The summed E-state index contributed by atoms with van der Waals surface area (Å²) in [6.07, 6.45) is 4.89. The van der Waals surface area contributed by atoms with E-state index in [2.05, 4.69) is 38.2 Å². The molecular weight excluding hydrogens is 282 g/mol. The van der Waals surface area contributed by atoms with Crippen LogP contribution >= 0.6 is 0 Å². The van der Waals surface area contributed by atoms with Gasteiger partial charge in [-0.1, -0.05) is 13.0 Å². The maximum absolute atomic E-state index is 11.4. The van der Waals surface area contributed by atoms with Crippen LogP contribution in [-0.2, 0) is 10.8 Å². The molecule has 0 aromatic heterocycles. The third kappa shape index (κ3) is 4.30. The van der Waals surface area contributed by atoms with Gasteiger partial charge in [-0.2, -0.15) is 0 Å². The van der Waals surface area contributed by atoms with Crippen LogP contribution in [0.2, 0.25) is 0 Å². The average Bonchev–Trinajstić information content (AvgIpc) is 2.62. The van der Waals surface area contributed by atoms with E-state index in [4.69, 9.17) is 4.74 Å². The van der Waals surface area contributed by atoms with Crippen molar-refractivity contribution in [1.82, 2.24) is 5.32 Å². The Hall–Kier alpha value is -0.870. The molecule has 3 nitrogen and oxygen atoms in total. The van der Waals surface area contributed by atoms with E-state index in [1.807, 2.05) is 0 Å². The monoisotopic (exact) mass is 309 g/mol. The molecule has 0 amide bonds. The van der Waals surface area contributed by atoms with Gasteiger partial charge in [0.1, 0.15) is 5.75 Å². The molecule has 1 heterocycles. The topological polar surface area (TPSA) is 38.3 Å². The van der Waals surface area contributed by atoms with E-state index in [1.165, 1.54) is 16.7 Å². The van der Waals surface area contributed by atoms with Gasteiger partial charge in [0.05, 0.1) is 6.61 Å². The SMILES string of the molecule is Cc1cc2c(cc1C)[C@H](NCC[C@@H](C)[S@@](C)=O)CCCO2. The summed E-state index contributed by atoms with van der Waals surface area (Å²) in [5.41, 5.74) is 3.87. The average molecular weight is 309 g/mol. The number of fused-ring (bicyclic) bond motifs is 1. The van der Waals surface area contributed by atoms with Gasteiger partial charge in [0, 0.05) is 33.9 Å². The van der Waals surface area contributed by atoms with Gasteiger partial charge in [-0.3, -0.25) is 4.21 Å². The first kappa shape index (κ1) is 16.5. The summed E-state index contributed by atoms with van der Waals surface area (Å²) in [7, 11) is -0.737. The molecule has 118 valence electrons. The fourth-order valence-corrected chi connectivity index (χ4v) is 3.12. The van der Waals surface area contributed by atoms with Crippen LogP contribution in [0, 0.1) is 13.8 Å². The highest BCUT2D eigenvalue weighted by molar-refractivity contribution is 7.84. The number of aryl methyl sites for hydroxylation is 2. The predicted octanol–water partition coefficient (Wildman–Crippen LogP) is 3.26. The first-order valence-electron chi connectivity index (χ1n) is 7.78. The van der Waals surface area contributed by atoms with E-state index >= 15 is 0 Å². The third-order valence-electron chi connectivity index (χ3n) is 4.40. The van der Waals surface area contributed by atoms with Crippen molar-refractivity contribution in [2.24, 2.45) is 0 Å². The summed E-state index contributed by atoms with van der Waals surface area (Å²) in [4.78, 5) is 0. The molecule has 0 fully saturated rings. The molecule has 0 spiro atoms. The van der Waals surface area contributed by atoms with Crippen LogP contribution in [0.3, 0.4) is 0 Å². The minimum Gasteiger partial charge on any atom is -0.493 e. The first-order valence-corrected chi connectivity index (χ1v) is 9.40. The molecule has 3 atom stereocenters. The Labute approximate surface area is 130 Å². The Kier molecular flexibility index (Phi) is 5.82. The van der Waals surface area contributed by atoms with Crippen LogP contribution in [-0.4, -0.2) is 28.9 Å². The van der Waals surface area contributed by atoms with Gasteiger partial charge in [-0.15, -0.1) is 0 Å². The molecule has 1 aromatic rings. The highest BCUT2D eigenvalue weighted by atomic mass is 32.2. The molecule has 1 aromatic carbocycles. The van der Waals surface area contributed by atoms with Gasteiger partial charge >= 0.3 is 0 Å². The van der Waals surface area contributed by atoms with E-state index in [1.54, 1.807) is 6.26 Å². The molecule has 2 rings (SSSR count). The molecule has 1 aliphatic rings. The smallest absolute Gasteiger partial charge is 0.124 e. The summed E-state index contributed by atoms with van der Waals surface area (Å²) >= 11 is 0. The third-order valence-corrected chi connectivity index (χ3v) is 5.77. The second-order valence-corrected chi connectivity index (χ2v) is 7.87. The fraction of sp³-hybridized carbons (Fsp3) is 0.647. The summed E-state index contributed by atoms with van der Waals surface area (Å²) in [6, 6.07) is 4.77. The number of nitrogens with one attached hydrogen (secondary N) is 1. The summed E-state index contributed by atoms with van der Waals surface area (Å²) in [6.45, 7) is 8.03. The Morgan fingerprint density at radius 2 is 2.10 bits per heavy atom. The largest absolute Gasteiger partial charge is 0.493 e. The highest BCUT2D eigenvalue weighted by Gasteiger charge is 2.20. The molecule has 1 N–H and O–H groups in total. The van der Waals surface area contributed by atoms with Crippen molar-refractivity contribution >= 4 is 10.8 Å². The molecule has 4 heteroatoms. The van der Waals surface area contributed by atoms with E-state index in [0.29, 0.717) is 6.04 Å². The number of hydrogen-bond acceptors (Lipinski definition) is 3. The molecule has 1 aliphatic heterocycles. The molecule has 0 saturated carbocycles. The number of hydrogen-bond donors (Lipinski definition) is 1. The maximum Gasteiger partial charge on any atom is 0.124 e. The Bertz CT molecular complexity index is 516. The summed E-state index contributed by atoms with van der Waals surface area (Å²) in [5, 5.41) is 3.88. The molecular formula is C17H27NO2S. The molecule has 0 saturated heterocycles. The van der Waals surface area contributed by atoms with Gasteiger partial charge < -0.3 is 10.1 Å². The van der Waals surface area contributed by atoms with Gasteiger partial charge in [0.25, 0.3) is 0 Å². The Morgan fingerprint density at radius 1 is 1.38 bits per heavy atom. The standard InChI is InChI=1S/C17H27NO2S/c1-12-10-15-16(18-8-7-14(3)21(4)19)6-5-9-20-17(15)11-13(12)2/h10-11,14,16,18H,5-9H2,1-4H3/t14-,16-,21-/m1/s1. The van der Waals surface area contributed by atoms with Crippen molar-refractivity contribution in [3.63, 3.8) is 0 Å². The Morgan fingerprint density at radius 3 is 2.81 bits per heavy atom.